The third-order valence-corrected chi connectivity index (χ3v) is 3.36. The van der Waals surface area contributed by atoms with E-state index >= 15 is 0 Å². The number of nitrogens with zero attached hydrogens (tertiary/aromatic N) is 3. The molecule has 3 aromatic rings. The molecule has 0 atom stereocenters. The molecule has 0 aliphatic heterocycles. The number of methoxy groups -OCH3 is 1. The molecule has 1 aromatic heterocycles. The highest BCUT2D eigenvalue weighted by Crippen LogP contribution is 2.28. The lowest BCUT2D eigenvalue weighted by molar-refractivity contribution is 0.342. The zero-order valence-electron chi connectivity index (χ0n) is 14.1. The predicted octanol–water partition coefficient (Wildman–Crippen LogP) is 3.77. The Morgan fingerprint density at radius 2 is 1.60 bits per heavy atom. The van der Waals surface area contributed by atoms with Crippen LogP contribution in [0.15, 0.2) is 54.7 Å². The SMILES string of the molecule is CCOc1ccccc1Nc1cnnc(Nc2ccccc2OC)n1. The fraction of sp³-hybridized carbons (Fsp3) is 0.167. The fourth-order valence-electron chi connectivity index (χ4n) is 2.27. The number of anilines is 4. The minimum atomic E-state index is 0.364. The first-order valence-corrected chi connectivity index (χ1v) is 7.88. The lowest BCUT2D eigenvalue weighted by atomic mass is 10.3. The highest BCUT2D eigenvalue weighted by Gasteiger charge is 2.08. The van der Waals surface area contributed by atoms with E-state index in [1.807, 2.05) is 55.5 Å². The third kappa shape index (κ3) is 4.14. The average molecular weight is 337 g/mol. The van der Waals surface area contributed by atoms with Gasteiger partial charge in [0, 0.05) is 0 Å². The van der Waals surface area contributed by atoms with Gasteiger partial charge in [-0.1, -0.05) is 24.3 Å². The van der Waals surface area contributed by atoms with Gasteiger partial charge in [0.1, 0.15) is 11.5 Å². The molecule has 3 rings (SSSR count). The highest BCUT2D eigenvalue weighted by atomic mass is 16.5. The van der Waals surface area contributed by atoms with Gasteiger partial charge in [0.15, 0.2) is 5.82 Å². The molecule has 0 saturated carbocycles. The zero-order chi connectivity index (χ0) is 17.5. The molecule has 7 heteroatoms. The van der Waals surface area contributed by atoms with Crippen LogP contribution in [0, 0.1) is 0 Å². The van der Waals surface area contributed by atoms with Gasteiger partial charge >= 0.3 is 0 Å². The Balaban J connectivity index is 1.80. The molecule has 1 heterocycles. The molecule has 2 N–H and O–H groups in total. The van der Waals surface area contributed by atoms with Crippen molar-refractivity contribution in [3.8, 4) is 11.5 Å². The van der Waals surface area contributed by atoms with E-state index < -0.39 is 0 Å². The van der Waals surface area contributed by atoms with Crippen LogP contribution in [0.2, 0.25) is 0 Å². The number of benzene rings is 2. The van der Waals surface area contributed by atoms with Crippen molar-refractivity contribution in [2.75, 3.05) is 24.4 Å². The lowest BCUT2D eigenvalue weighted by Crippen LogP contribution is -2.04. The second-order valence-electron chi connectivity index (χ2n) is 5.04. The number of para-hydroxylation sites is 4. The van der Waals surface area contributed by atoms with Gasteiger partial charge in [-0.25, -0.2) is 0 Å². The van der Waals surface area contributed by atoms with Crippen molar-refractivity contribution in [3.63, 3.8) is 0 Å². The molecular weight excluding hydrogens is 318 g/mol. The van der Waals surface area contributed by atoms with Gasteiger partial charge in [-0.15, -0.1) is 5.10 Å². The summed E-state index contributed by atoms with van der Waals surface area (Å²) in [6, 6.07) is 15.2. The van der Waals surface area contributed by atoms with E-state index in [1.54, 1.807) is 13.3 Å². The first kappa shape index (κ1) is 16.5. The molecule has 128 valence electrons. The molecule has 0 spiro atoms. The molecule has 0 aliphatic rings. The molecule has 2 aromatic carbocycles. The van der Waals surface area contributed by atoms with Gasteiger partial charge in [0.2, 0.25) is 5.95 Å². The monoisotopic (exact) mass is 337 g/mol. The van der Waals surface area contributed by atoms with Crippen LogP contribution in [-0.4, -0.2) is 28.9 Å². The molecule has 0 radical (unpaired) electrons. The van der Waals surface area contributed by atoms with E-state index in [9.17, 15) is 0 Å². The van der Waals surface area contributed by atoms with Crippen molar-refractivity contribution < 1.29 is 9.47 Å². The molecule has 0 unspecified atom stereocenters. The minimum Gasteiger partial charge on any atom is -0.495 e. The second-order valence-corrected chi connectivity index (χ2v) is 5.04. The Hall–Kier alpha value is -3.35. The van der Waals surface area contributed by atoms with Crippen molar-refractivity contribution >= 4 is 23.1 Å². The summed E-state index contributed by atoms with van der Waals surface area (Å²) in [4.78, 5) is 4.43. The maximum Gasteiger partial charge on any atom is 0.249 e. The second kappa shape index (κ2) is 7.96. The normalized spacial score (nSPS) is 10.2. The van der Waals surface area contributed by atoms with E-state index in [2.05, 4.69) is 25.8 Å². The summed E-state index contributed by atoms with van der Waals surface area (Å²) in [6.45, 7) is 2.53. The summed E-state index contributed by atoms with van der Waals surface area (Å²) >= 11 is 0. The van der Waals surface area contributed by atoms with Gasteiger partial charge in [0.05, 0.1) is 31.3 Å². The van der Waals surface area contributed by atoms with E-state index in [0.717, 1.165) is 17.1 Å². The first-order valence-electron chi connectivity index (χ1n) is 7.88. The fourth-order valence-corrected chi connectivity index (χ4v) is 2.27. The number of rotatable bonds is 7. The number of hydrogen-bond acceptors (Lipinski definition) is 7. The topological polar surface area (TPSA) is 81.2 Å². The maximum atomic E-state index is 5.61. The maximum absolute atomic E-state index is 5.61. The van der Waals surface area contributed by atoms with Crippen LogP contribution in [0.1, 0.15) is 6.92 Å². The molecule has 25 heavy (non-hydrogen) atoms. The van der Waals surface area contributed by atoms with Crippen molar-refractivity contribution in [3.05, 3.63) is 54.7 Å². The Morgan fingerprint density at radius 3 is 2.32 bits per heavy atom. The van der Waals surface area contributed by atoms with Crippen molar-refractivity contribution in [2.24, 2.45) is 0 Å². The molecule has 7 nitrogen and oxygen atoms in total. The van der Waals surface area contributed by atoms with Crippen molar-refractivity contribution in [2.45, 2.75) is 6.92 Å². The highest BCUT2D eigenvalue weighted by molar-refractivity contribution is 5.66. The first-order chi connectivity index (χ1) is 12.3. The Kier molecular flexibility index (Phi) is 5.26. The number of hydrogen-bond donors (Lipinski definition) is 2. The summed E-state index contributed by atoms with van der Waals surface area (Å²) in [6.07, 6.45) is 1.55. The number of aromatic nitrogens is 3. The van der Waals surface area contributed by atoms with Crippen LogP contribution in [0.4, 0.5) is 23.1 Å². The van der Waals surface area contributed by atoms with E-state index in [0.29, 0.717) is 24.1 Å². The van der Waals surface area contributed by atoms with Crippen LogP contribution in [-0.2, 0) is 0 Å². The van der Waals surface area contributed by atoms with Crippen LogP contribution >= 0.6 is 0 Å². The number of nitrogens with one attached hydrogen (secondary N) is 2. The molecular formula is C18H19N5O2. The Morgan fingerprint density at radius 1 is 0.920 bits per heavy atom. The summed E-state index contributed by atoms with van der Waals surface area (Å²) in [7, 11) is 1.61. The van der Waals surface area contributed by atoms with E-state index in [-0.39, 0.29) is 0 Å². The summed E-state index contributed by atoms with van der Waals surface area (Å²) in [5.74, 6) is 2.37. The molecule has 0 fully saturated rings. The Labute approximate surface area is 146 Å². The average Bonchev–Trinajstić information content (AvgIpc) is 2.64. The smallest absolute Gasteiger partial charge is 0.249 e. The van der Waals surface area contributed by atoms with E-state index in [1.165, 1.54) is 0 Å². The van der Waals surface area contributed by atoms with Gasteiger partial charge in [-0.3, -0.25) is 0 Å². The largest absolute Gasteiger partial charge is 0.495 e. The molecule has 0 saturated heterocycles. The Bertz CT molecular complexity index is 841. The summed E-state index contributed by atoms with van der Waals surface area (Å²) in [5.41, 5.74) is 1.58. The predicted molar refractivity (Wildman–Crippen MR) is 97.0 cm³/mol. The van der Waals surface area contributed by atoms with Gasteiger partial charge in [0.25, 0.3) is 0 Å². The van der Waals surface area contributed by atoms with Crippen molar-refractivity contribution in [1.82, 2.24) is 15.2 Å². The van der Waals surface area contributed by atoms with Crippen LogP contribution in [0.5, 0.6) is 11.5 Å². The molecule has 0 amide bonds. The van der Waals surface area contributed by atoms with Crippen LogP contribution in [0.3, 0.4) is 0 Å². The zero-order valence-corrected chi connectivity index (χ0v) is 14.1. The van der Waals surface area contributed by atoms with Crippen molar-refractivity contribution in [1.29, 1.82) is 0 Å². The summed E-state index contributed by atoms with van der Waals surface area (Å²) < 4.78 is 10.9. The van der Waals surface area contributed by atoms with Crippen LogP contribution < -0.4 is 20.1 Å². The standard InChI is InChI=1S/C18H19N5O2/c1-3-25-16-11-7-5-9-14(16)20-17-12-19-23-18(22-17)21-13-8-4-6-10-15(13)24-2/h4-12H,3H2,1-2H3,(H2,20,21,22,23). The van der Waals surface area contributed by atoms with Gasteiger partial charge in [-0.2, -0.15) is 10.1 Å². The van der Waals surface area contributed by atoms with Gasteiger partial charge in [-0.05, 0) is 31.2 Å². The third-order valence-electron chi connectivity index (χ3n) is 3.36. The summed E-state index contributed by atoms with van der Waals surface area (Å²) in [5, 5.41) is 14.3. The van der Waals surface area contributed by atoms with Gasteiger partial charge < -0.3 is 20.1 Å². The molecule has 0 aliphatic carbocycles. The molecule has 0 bridgehead atoms. The number of ether oxygens (including phenoxy) is 2. The van der Waals surface area contributed by atoms with Crippen LogP contribution in [0.25, 0.3) is 0 Å². The minimum absolute atomic E-state index is 0.364. The quantitative estimate of drug-likeness (QED) is 0.679. The lowest BCUT2D eigenvalue weighted by Gasteiger charge is -2.12. The van der Waals surface area contributed by atoms with E-state index in [4.69, 9.17) is 9.47 Å².